The third-order valence-electron chi connectivity index (χ3n) is 6.05. The Kier molecular flexibility index (Phi) is 6.17. The molecule has 2 aromatic carbocycles. The molecule has 156 valence electrons. The molecule has 0 bridgehead atoms. The molecule has 5 heteroatoms. The predicted molar refractivity (Wildman–Crippen MR) is 119 cm³/mol. The van der Waals surface area contributed by atoms with Crippen molar-refractivity contribution in [3.05, 3.63) is 70.9 Å². The molecule has 2 amide bonds. The van der Waals surface area contributed by atoms with Gasteiger partial charge in [-0.1, -0.05) is 43.3 Å². The molecule has 3 N–H and O–H groups in total. The molecule has 4 rings (SSSR count). The van der Waals surface area contributed by atoms with Crippen molar-refractivity contribution in [2.24, 2.45) is 0 Å². The molecule has 0 saturated heterocycles. The van der Waals surface area contributed by atoms with Crippen LogP contribution < -0.4 is 10.6 Å². The van der Waals surface area contributed by atoms with Crippen LogP contribution in [0, 0.1) is 0 Å². The highest BCUT2D eigenvalue weighted by molar-refractivity contribution is 6.35. The number of benzene rings is 2. The maximum Gasteiger partial charge on any atom is 0.309 e. The molecule has 0 aliphatic heterocycles. The third kappa shape index (κ3) is 4.40. The second-order valence-corrected chi connectivity index (χ2v) is 8.03. The molecule has 3 aromatic rings. The minimum atomic E-state index is -0.578. The van der Waals surface area contributed by atoms with E-state index in [9.17, 15) is 9.59 Å². The molecule has 0 fully saturated rings. The van der Waals surface area contributed by atoms with Gasteiger partial charge in [0.1, 0.15) is 0 Å². The summed E-state index contributed by atoms with van der Waals surface area (Å²) in [5.41, 5.74) is 6.09. The summed E-state index contributed by atoms with van der Waals surface area (Å²) in [6.45, 7) is 2.45. The SMILES string of the molecule is CCC(NC(=O)C(=O)NCCc1c[nH]c2ccccc12)c1ccc2c(c1)CCCC2. The van der Waals surface area contributed by atoms with Crippen LogP contribution in [0.2, 0.25) is 0 Å². The summed E-state index contributed by atoms with van der Waals surface area (Å²) in [6, 6.07) is 14.4. The van der Waals surface area contributed by atoms with Crippen molar-refractivity contribution < 1.29 is 9.59 Å². The van der Waals surface area contributed by atoms with Gasteiger partial charge in [-0.15, -0.1) is 0 Å². The van der Waals surface area contributed by atoms with Gasteiger partial charge in [0.05, 0.1) is 6.04 Å². The maximum atomic E-state index is 12.4. The van der Waals surface area contributed by atoms with E-state index in [1.165, 1.54) is 24.0 Å². The van der Waals surface area contributed by atoms with Crippen LogP contribution in [0.1, 0.15) is 54.5 Å². The van der Waals surface area contributed by atoms with E-state index in [1.54, 1.807) is 0 Å². The minimum absolute atomic E-state index is 0.149. The van der Waals surface area contributed by atoms with E-state index >= 15 is 0 Å². The molecule has 5 nitrogen and oxygen atoms in total. The highest BCUT2D eigenvalue weighted by atomic mass is 16.2. The van der Waals surface area contributed by atoms with Gasteiger partial charge in [-0.2, -0.15) is 0 Å². The van der Waals surface area contributed by atoms with Crippen molar-refractivity contribution in [3.63, 3.8) is 0 Å². The highest BCUT2D eigenvalue weighted by Gasteiger charge is 2.20. The summed E-state index contributed by atoms with van der Waals surface area (Å²) < 4.78 is 0. The Balaban J connectivity index is 1.32. The zero-order valence-electron chi connectivity index (χ0n) is 17.5. The van der Waals surface area contributed by atoms with Crippen LogP contribution >= 0.6 is 0 Å². The third-order valence-corrected chi connectivity index (χ3v) is 6.05. The fourth-order valence-corrected chi connectivity index (χ4v) is 4.34. The number of carbonyl (C=O) groups is 2. The fourth-order valence-electron chi connectivity index (χ4n) is 4.34. The van der Waals surface area contributed by atoms with Crippen LogP contribution in [0.25, 0.3) is 10.9 Å². The monoisotopic (exact) mass is 403 g/mol. The normalized spacial score (nSPS) is 14.2. The molecule has 0 saturated carbocycles. The van der Waals surface area contributed by atoms with E-state index < -0.39 is 11.8 Å². The number of carbonyl (C=O) groups excluding carboxylic acids is 2. The molecule has 1 aliphatic rings. The van der Waals surface area contributed by atoms with Gasteiger partial charge in [-0.05, 0) is 66.8 Å². The molecule has 30 heavy (non-hydrogen) atoms. The zero-order valence-corrected chi connectivity index (χ0v) is 17.5. The largest absolute Gasteiger partial charge is 0.361 e. The van der Waals surface area contributed by atoms with Gasteiger partial charge in [0.15, 0.2) is 0 Å². The predicted octanol–water partition coefficient (Wildman–Crippen LogP) is 3.97. The molecule has 1 aromatic heterocycles. The standard InChI is InChI=1S/C25H29N3O2/c1-2-22(19-12-11-17-7-3-4-8-18(17)15-19)28-25(30)24(29)26-14-13-20-16-27-23-10-6-5-9-21(20)23/h5-6,9-12,15-16,22,27H,2-4,7-8,13-14H2,1H3,(H,26,29)(H,28,30). The van der Waals surface area contributed by atoms with Gasteiger partial charge in [-0.25, -0.2) is 0 Å². The molecule has 1 aliphatic carbocycles. The lowest BCUT2D eigenvalue weighted by Gasteiger charge is -2.21. The second kappa shape index (κ2) is 9.16. The summed E-state index contributed by atoms with van der Waals surface area (Å²) in [5.74, 6) is -1.15. The minimum Gasteiger partial charge on any atom is -0.361 e. The van der Waals surface area contributed by atoms with Gasteiger partial charge in [0.2, 0.25) is 0 Å². The van der Waals surface area contributed by atoms with Crippen LogP contribution in [-0.4, -0.2) is 23.3 Å². The molecule has 0 radical (unpaired) electrons. The van der Waals surface area contributed by atoms with Crippen molar-refractivity contribution in [2.45, 2.75) is 51.5 Å². The number of fused-ring (bicyclic) bond motifs is 2. The first-order chi connectivity index (χ1) is 14.7. The van der Waals surface area contributed by atoms with E-state index in [2.05, 4.69) is 39.9 Å². The number of para-hydroxylation sites is 1. The molecular weight excluding hydrogens is 374 g/mol. The Morgan fingerprint density at radius 1 is 1.03 bits per heavy atom. The quantitative estimate of drug-likeness (QED) is 0.545. The van der Waals surface area contributed by atoms with Crippen LogP contribution in [-0.2, 0) is 28.9 Å². The van der Waals surface area contributed by atoms with E-state index in [-0.39, 0.29) is 6.04 Å². The molecule has 0 spiro atoms. The number of amides is 2. The number of aromatic nitrogens is 1. The van der Waals surface area contributed by atoms with E-state index in [0.717, 1.165) is 41.3 Å². The van der Waals surface area contributed by atoms with E-state index in [1.807, 2.05) is 31.3 Å². The lowest BCUT2D eigenvalue weighted by molar-refractivity contribution is -0.139. The topological polar surface area (TPSA) is 74.0 Å². The summed E-state index contributed by atoms with van der Waals surface area (Å²) >= 11 is 0. The molecule has 1 unspecified atom stereocenters. The Bertz CT molecular complexity index is 1050. The van der Waals surface area contributed by atoms with E-state index in [4.69, 9.17) is 0 Å². The van der Waals surface area contributed by atoms with Gasteiger partial charge in [-0.3, -0.25) is 9.59 Å². The van der Waals surface area contributed by atoms with Crippen molar-refractivity contribution in [3.8, 4) is 0 Å². The van der Waals surface area contributed by atoms with Gasteiger partial charge < -0.3 is 15.6 Å². The number of rotatable bonds is 6. The zero-order chi connectivity index (χ0) is 20.9. The Labute approximate surface area is 177 Å². The van der Waals surface area contributed by atoms with Crippen LogP contribution in [0.5, 0.6) is 0 Å². The van der Waals surface area contributed by atoms with Crippen LogP contribution in [0.4, 0.5) is 0 Å². The van der Waals surface area contributed by atoms with Gasteiger partial charge in [0.25, 0.3) is 0 Å². The van der Waals surface area contributed by atoms with Crippen molar-refractivity contribution in [1.82, 2.24) is 15.6 Å². The van der Waals surface area contributed by atoms with Crippen molar-refractivity contribution >= 4 is 22.7 Å². The second-order valence-electron chi connectivity index (χ2n) is 8.03. The molecule has 1 heterocycles. The molecule has 1 atom stereocenters. The Morgan fingerprint density at radius 3 is 2.67 bits per heavy atom. The lowest BCUT2D eigenvalue weighted by atomic mass is 9.89. The average molecular weight is 404 g/mol. The van der Waals surface area contributed by atoms with E-state index in [0.29, 0.717) is 13.0 Å². The Morgan fingerprint density at radius 2 is 1.83 bits per heavy atom. The first kappa shape index (κ1) is 20.2. The Hall–Kier alpha value is -3.08. The first-order valence-electron chi connectivity index (χ1n) is 10.9. The summed E-state index contributed by atoms with van der Waals surface area (Å²) in [6.07, 6.45) is 8.08. The first-order valence-corrected chi connectivity index (χ1v) is 10.9. The number of aryl methyl sites for hydroxylation is 2. The highest BCUT2D eigenvalue weighted by Crippen LogP contribution is 2.26. The maximum absolute atomic E-state index is 12.4. The fraction of sp³-hybridized carbons (Fsp3) is 0.360. The van der Waals surface area contributed by atoms with Crippen LogP contribution in [0.15, 0.2) is 48.7 Å². The van der Waals surface area contributed by atoms with Gasteiger partial charge >= 0.3 is 11.8 Å². The van der Waals surface area contributed by atoms with Crippen molar-refractivity contribution in [1.29, 1.82) is 0 Å². The number of H-pyrrole nitrogens is 1. The summed E-state index contributed by atoms with van der Waals surface area (Å²) in [4.78, 5) is 28.0. The van der Waals surface area contributed by atoms with Crippen molar-refractivity contribution in [2.75, 3.05) is 6.54 Å². The summed E-state index contributed by atoms with van der Waals surface area (Å²) in [7, 11) is 0. The number of aromatic amines is 1. The van der Waals surface area contributed by atoms with Gasteiger partial charge in [0, 0.05) is 23.6 Å². The summed E-state index contributed by atoms with van der Waals surface area (Å²) in [5, 5.41) is 6.80. The number of hydrogen-bond acceptors (Lipinski definition) is 2. The number of nitrogens with one attached hydrogen (secondary N) is 3. The molecular formula is C25H29N3O2. The number of hydrogen-bond donors (Lipinski definition) is 3. The van der Waals surface area contributed by atoms with Crippen LogP contribution in [0.3, 0.4) is 0 Å². The smallest absolute Gasteiger partial charge is 0.309 e. The average Bonchev–Trinajstić information content (AvgIpc) is 3.20. The lowest BCUT2D eigenvalue weighted by Crippen LogP contribution is -2.42.